The molecular formula is C14H25N3O3. The van der Waals surface area contributed by atoms with E-state index in [2.05, 4.69) is 29.1 Å². The Morgan fingerprint density at radius 3 is 2.60 bits per heavy atom. The molecule has 0 saturated heterocycles. The van der Waals surface area contributed by atoms with Gasteiger partial charge in [0.15, 0.2) is 0 Å². The van der Waals surface area contributed by atoms with Crippen molar-refractivity contribution < 1.29 is 14.2 Å². The number of nitrogens with one attached hydrogen (secondary N) is 1. The third-order valence-corrected chi connectivity index (χ3v) is 2.70. The summed E-state index contributed by atoms with van der Waals surface area (Å²) in [6, 6.07) is 0. The van der Waals surface area contributed by atoms with E-state index in [1.807, 2.05) is 0 Å². The van der Waals surface area contributed by atoms with Crippen molar-refractivity contribution >= 4 is 5.82 Å². The topological polar surface area (TPSA) is 65.5 Å². The maximum Gasteiger partial charge on any atom is 0.221 e. The van der Waals surface area contributed by atoms with Gasteiger partial charge in [0.25, 0.3) is 0 Å². The Balaban J connectivity index is 2.47. The van der Waals surface area contributed by atoms with E-state index in [-0.39, 0.29) is 0 Å². The van der Waals surface area contributed by atoms with Crippen LogP contribution in [0.15, 0.2) is 6.33 Å². The number of methoxy groups -OCH3 is 1. The van der Waals surface area contributed by atoms with E-state index in [1.165, 1.54) is 6.33 Å². The van der Waals surface area contributed by atoms with Crippen molar-refractivity contribution in [3.8, 4) is 5.88 Å². The lowest BCUT2D eigenvalue weighted by Gasteiger charge is -2.13. The number of aromatic nitrogens is 2. The number of anilines is 1. The molecule has 20 heavy (non-hydrogen) atoms. The number of nitrogens with zero attached hydrogens (tertiary/aromatic N) is 2. The Kier molecular flexibility index (Phi) is 8.66. The highest BCUT2D eigenvalue weighted by atomic mass is 16.5. The smallest absolute Gasteiger partial charge is 0.221 e. The van der Waals surface area contributed by atoms with Gasteiger partial charge in [0.05, 0.1) is 25.4 Å². The van der Waals surface area contributed by atoms with Crippen LogP contribution in [0.1, 0.15) is 25.8 Å². The van der Waals surface area contributed by atoms with Crippen molar-refractivity contribution in [2.45, 2.75) is 26.7 Å². The fourth-order valence-electron chi connectivity index (χ4n) is 1.68. The van der Waals surface area contributed by atoms with Gasteiger partial charge in [-0.1, -0.05) is 13.8 Å². The molecule has 0 fully saturated rings. The second-order valence-corrected chi connectivity index (χ2v) is 4.24. The minimum Gasteiger partial charge on any atom is -0.475 e. The van der Waals surface area contributed by atoms with E-state index < -0.39 is 0 Å². The summed E-state index contributed by atoms with van der Waals surface area (Å²) < 4.78 is 15.9. The quantitative estimate of drug-likeness (QED) is 0.626. The van der Waals surface area contributed by atoms with Gasteiger partial charge in [-0.15, -0.1) is 0 Å². The van der Waals surface area contributed by atoms with Crippen LogP contribution < -0.4 is 10.1 Å². The van der Waals surface area contributed by atoms with Gasteiger partial charge in [-0.3, -0.25) is 0 Å². The highest BCUT2D eigenvalue weighted by Gasteiger charge is 2.10. The molecule has 0 radical (unpaired) electrons. The molecule has 6 nitrogen and oxygen atoms in total. The number of hydrogen-bond donors (Lipinski definition) is 1. The van der Waals surface area contributed by atoms with Crippen LogP contribution in [0.25, 0.3) is 0 Å². The SMILES string of the molecule is CCCNc1ncnc(OCCOCCOC)c1CC. The highest BCUT2D eigenvalue weighted by Crippen LogP contribution is 2.22. The summed E-state index contributed by atoms with van der Waals surface area (Å²) in [5, 5.41) is 3.29. The predicted molar refractivity (Wildman–Crippen MR) is 78.4 cm³/mol. The predicted octanol–water partition coefficient (Wildman–Crippen LogP) is 1.90. The number of ether oxygens (including phenoxy) is 3. The summed E-state index contributed by atoms with van der Waals surface area (Å²) in [6.45, 7) is 7.25. The van der Waals surface area contributed by atoms with E-state index in [0.29, 0.717) is 32.3 Å². The lowest BCUT2D eigenvalue weighted by molar-refractivity contribution is 0.0535. The summed E-state index contributed by atoms with van der Waals surface area (Å²) in [4.78, 5) is 8.47. The molecule has 0 atom stereocenters. The van der Waals surface area contributed by atoms with Gasteiger partial charge in [0.2, 0.25) is 5.88 Å². The summed E-state index contributed by atoms with van der Waals surface area (Å²) in [6.07, 6.45) is 3.40. The zero-order chi connectivity index (χ0) is 14.6. The average Bonchev–Trinajstić information content (AvgIpc) is 2.48. The van der Waals surface area contributed by atoms with Gasteiger partial charge in [0, 0.05) is 13.7 Å². The third kappa shape index (κ3) is 5.71. The molecule has 0 aliphatic rings. The van der Waals surface area contributed by atoms with Crippen LogP contribution >= 0.6 is 0 Å². The molecule has 1 heterocycles. The highest BCUT2D eigenvalue weighted by molar-refractivity contribution is 5.48. The lowest BCUT2D eigenvalue weighted by atomic mass is 10.2. The maximum absolute atomic E-state index is 5.67. The molecule has 1 aromatic heterocycles. The molecule has 0 aliphatic carbocycles. The molecule has 0 unspecified atom stereocenters. The summed E-state index contributed by atoms with van der Waals surface area (Å²) in [5.74, 6) is 1.50. The first-order chi connectivity index (χ1) is 9.83. The van der Waals surface area contributed by atoms with Crippen LogP contribution in [-0.4, -0.2) is 50.1 Å². The fraction of sp³-hybridized carbons (Fsp3) is 0.714. The standard InChI is InChI=1S/C14H25N3O3/c1-4-6-15-13-12(5-2)14(17-11-16-13)20-10-9-19-8-7-18-3/h11H,4-10H2,1-3H3,(H,15,16,17). The molecule has 1 rings (SSSR count). The van der Waals surface area contributed by atoms with Crippen LogP contribution in [-0.2, 0) is 15.9 Å². The molecule has 0 bridgehead atoms. The van der Waals surface area contributed by atoms with Gasteiger partial charge in [-0.25, -0.2) is 9.97 Å². The number of hydrogen-bond acceptors (Lipinski definition) is 6. The Hall–Kier alpha value is -1.40. The largest absolute Gasteiger partial charge is 0.475 e. The fourth-order valence-corrected chi connectivity index (χ4v) is 1.68. The van der Waals surface area contributed by atoms with E-state index in [1.54, 1.807) is 7.11 Å². The first kappa shape index (κ1) is 16.7. The van der Waals surface area contributed by atoms with Gasteiger partial charge in [0.1, 0.15) is 18.8 Å². The molecular weight excluding hydrogens is 258 g/mol. The molecule has 0 aromatic carbocycles. The molecule has 0 aliphatic heterocycles. The van der Waals surface area contributed by atoms with Crippen molar-refractivity contribution in [2.24, 2.45) is 0 Å². The molecule has 1 aromatic rings. The van der Waals surface area contributed by atoms with E-state index in [9.17, 15) is 0 Å². The second kappa shape index (κ2) is 10.4. The van der Waals surface area contributed by atoms with Gasteiger partial charge in [-0.05, 0) is 12.8 Å². The summed E-state index contributed by atoms with van der Waals surface area (Å²) >= 11 is 0. The summed E-state index contributed by atoms with van der Waals surface area (Å²) in [7, 11) is 1.65. The molecule has 0 spiro atoms. The van der Waals surface area contributed by atoms with Gasteiger partial charge < -0.3 is 19.5 Å². The summed E-state index contributed by atoms with van der Waals surface area (Å²) in [5.41, 5.74) is 1.01. The Morgan fingerprint density at radius 1 is 1.10 bits per heavy atom. The van der Waals surface area contributed by atoms with Crippen molar-refractivity contribution in [2.75, 3.05) is 45.4 Å². The van der Waals surface area contributed by atoms with Gasteiger partial charge in [-0.2, -0.15) is 0 Å². The zero-order valence-electron chi connectivity index (χ0n) is 12.6. The zero-order valence-corrected chi connectivity index (χ0v) is 12.6. The monoisotopic (exact) mass is 283 g/mol. The van der Waals surface area contributed by atoms with Crippen LogP contribution in [0, 0.1) is 0 Å². The molecule has 6 heteroatoms. The van der Waals surface area contributed by atoms with Crippen LogP contribution in [0.5, 0.6) is 5.88 Å². The second-order valence-electron chi connectivity index (χ2n) is 4.24. The normalized spacial score (nSPS) is 10.6. The van der Waals surface area contributed by atoms with Gasteiger partial charge >= 0.3 is 0 Å². The van der Waals surface area contributed by atoms with Crippen molar-refractivity contribution in [3.05, 3.63) is 11.9 Å². The van der Waals surface area contributed by atoms with Crippen molar-refractivity contribution in [3.63, 3.8) is 0 Å². The van der Waals surface area contributed by atoms with E-state index in [0.717, 1.165) is 30.8 Å². The minimum absolute atomic E-state index is 0.473. The Bertz CT molecular complexity index is 375. The van der Waals surface area contributed by atoms with Crippen LogP contribution in [0.4, 0.5) is 5.82 Å². The average molecular weight is 283 g/mol. The van der Waals surface area contributed by atoms with Crippen LogP contribution in [0.2, 0.25) is 0 Å². The van der Waals surface area contributed by atoms with Crippen molar-refractivity contribution in [1.29, 1.82) is 0 Å². The molecule has 1 N–H and O–H groups in total. The first-order valence-electron chi connectivity index (χ1n) is 7.10. The molecule has 0 amide bonds. The lowest BCUT2D eigenvalue weighted by Crippen LogP contribution is -2.13. The maximum atomic E-state index is 5.67. The minimum atomic E-state index is 0.473. The van der Waals surface area contributed by atoms with E-state index >= 15 is 0 Å². The van der Waals surface area contributed by atoms with Crippen molar-refractivity contribution in [1.82, 2.24) is 9.97 Å². The Morgan fingerprint density at radius 2 is 1.90 bits per heavy atom. The molecule has 114 valence electrons. The third-order valence-electron chi connectivity index (χ3n) is 2.70. The van der Waals surface area contributed by atoms with E-state index in [4.69, 9.17) is 14.2 Å². The Labute approximate surface area is 120 Å². The number of rotatable bonds is 11. The van der Waals surface area contributed by atoms with Crippen LogP contribution in [0.3, 0.4) is 0 Å². The first-order valence-corrected chi connectivity index (χ1v) is 7.10. The molecule has 0 saturated carbocycles.